The maximum Gasteiger partial charge on any atom is 0.165 e. The summed E-state index contributed by atoms with van der Waals surface area (Å²) in [5.74, 6) is -0.567. The molecule has 0 saturated carbocycles. The lowest BCUT2D eigenvalue weighted by Crippen LogP contribution is -2.05. The summed E-state index contributed by atoms with van der Waals surface area (Å²) >= 11 is 0. The van der Waals surface area contributed by atoms with Crippen molar-refractivity contribution in [3.8, 4) is 5.75 Å². The third-order valence-corrected chi connectivity index (χ3v) is 1.95. The highest BCUT2D eigenvalue weighted by atomic mass is 19.1. The summed E-state index contributed by atoms with van der Waals surface area (Å²) in [5, 5.41) is 8.93. The van der Waals surface area contributed by atoms with Gasteiger partial charge in [0.25, 0.3) is 0 Å². The molecule has 0 aliphatic rings. The van der Waals surface area contributed by atoms with Crippen LogP contribution in [0.1, 0.15) is 18.4 Å². The van der Waals surface area contributed by atoms with Crippen molar-refractivity contribution in [2.24, 2.45) is 0 Å². The van der Waals surface area contributed by atoms with Gasteiger partial charge in [0, 0.05) is 11.5 Å². The van der Waals surface area contributed by atoms with Crippen LogP contribution in [0.5, 0.6) is 5.75 Å². The Kier molecular flexibility index (Phi) is 3.89. The SMILES string of the molecule is [CH2]C(CO)c1cccc(F)c1OCC. The lowest BCUT2D eigenvalue weighted by molar-refractivity contribution is 0.273. The van der Waals surface area contributed by atoms with Gasteiger partial charge in [-0.25, -0.2) is 4.39 Å². The smallest absolute Gasteiger partial charge is 0.165 e. The topological polar surface area (TPSA) is 29.5 Å². The van der Waals surface area contributed by atoms with Crippen LogP contribution in [0.3, 0.4) is 0 Å². The minimum atomic E-state index is -0.411. The Hall–Kier alpha value is -1.09. The van der Waals surface area contributed by atoms with Crippen LogP contribution in [0.25, 0.3) is 0 Å². The van der Waals surface area contributed by atoms with Crippen molar-refractivity contribution in [2.45, 2.75) is 12.8 Å². The highest BCUT2D eigenvalue weighted by Crippen LogP contribution is 2.28. The van der Waals surface area contributed by atoms with Gasteiger partial charge in [-0.05, 0) is 19.9 Å². The van der Waals surface area contributed by atoms with Gasteiger partial charge in [-0.15, -0.1) is 0 Å². The third-order valence-electron chi connectivity index (χ3n) is 1.95. The summed E-state index contributed by atoms with van der Waals surface area (Å²) in [4.78, 5) is 0. The van der Waals surface area contributed by atoms with Crippen molar-refractivity contribution in [2.75, 3.05) is 13.2 Å². The van der Waals surface area contributed by atoms with Gasteiger partial charge in [-0.3, -0.25) is 0 Å². The van der Waals surface area contributed by atoms with Crippen LogP contribution < -0.4 is 4.74 Å². The predicted molar refractivity (Wildman–Crippen MR) is 52.8 cm³/mol. The molecule has 0 aliphatic heterocycles. The number of para-hydroxylation sites is 1. The first-order valence-electron chi connectivity index (χ1n) is 4.55. The number of aliphatic hydroxyl groups excluding tert-OH is 1. The van der Waals surface area contributed by atoms with E-state index in [0.717, 1.165) is 0 Å². The van der Waals surface area contributed by atoms with Crippen LogP contribution in [-0.4, -0.2) is 18.3 Å². The van der Waals surface area contributed by atoms with Crippen LogP contribution in [0.4, 0.5) is 4.39 Å². The molecule has 0 amide bonds. The number of hydrogen-bond acceptors (Lipinski definition) is 2. The number of halogens is 1. The Morgan fingerprint density at radius 1 is 1.57 bits per heavy atom. The number of ether oxygens (including phenoxy) is 1. The van der Waals surface area contributed by atoms with Gasteiger partial charge in [-0.2, -0.15) is 0 Å². The third kappa shape index (κ3) is 2.23. The standard InChI is InChI=1S/C11H14FO2/c1-3-14-11-9(8(2)7-13)5-4-6-10(11)12/h4-6,8,13H,2-3,7H2,1H3. The molecule has 1 N–H and O–H groups in total. The zero-order valence-corrected chi connectivity index (χ0v) is 8.16. The van der Waals surface area contributed by atoms with Crippen molar-refractivity contribution in [1.82, 2.24) is 0 Å². The zero-order chi connectivity index (χ0) is 10.6. The molecule has 0 fully saturated rings. The highest BCUT2D eigenvalue weighted by molar-refractivity contribution is 5.38. The number of hydrogen-bond donors (Lipinski definition) is 1. The molecular weight excluding hydrogens is 183 g/mol. The molecule has 2 nitrogen and oxygen atoms in total. The fraction of sp³-hybridized carbons (Fsp3) is 0.364. The van der Waals surface area contributed by atoms with Crippen LogP contribution in [0, 0.1) is 12.7 Å². The van der Waals surface area contributed by atoms with E-state index in [1.807, 2.05) is 0 Å². The molecule has 14 heavy (non-hydrogen) atoms. The first kappa shape index (κ1) is 11.0. The predicted octanol–water partition coefficient (Wildman–Crippen LogP) is 2.13. The molecule has 0 saturated heterocycles. The van der Waals surface area contributed by atoms with Crippen LogP contribution >= 0.6 is 0 Å². The second-order valence-corrected chi connectivity index (χ2v) is 2.97. The molecule has 0 aromatic heterocycles. The lowest BCUT2D eigenvalue weighted by atomic mass is 10.0. The molecule has 1 unspecified atom stereocenters. The first-order chi connectivity index (χ1) is 6.70. The molecule has 0 heterocycles. The van der Waals surface area contributed by atoms with E-state index < -0.39 is 5.82 Å². The van der Waals surface area contributed by atoms with Crippen molar-refractivity contribution in [3.63, 3.8) is 0 Å². The van der Waals surface area contributed by atoms with Crippen LogP contribution in [-0.2, 0) is 0 Å². The molecule has 0 bridgehead atoms. The average molecular weight is 197 g/mol. The van der Waals surface area contributed by atoms with Gasteiger partial charge in [0.15, 0.2) is 11.6 Å². The van der Waals surface area contributed by atoms with Crippen molar-refractivity contribution >= 4 is 0 Å². The summed E-state index contributed by atoms with van der Waals surface area (Å²) in [6, 6.07) is 4.63. The summed E-state index contributed by atoms with van der Waals surface area (Å²) < 4.78 is 18.5. The van der Waals surface area contributed by atoms with E-state index in [0.29, 0.717) is 12.2 Å². The number of aliphatic hydroxyl groups is 1. The molecule has 1 radical (unpaired) electrons. The Bertz CT molecular complexity index is 299. The normalized spacial score (nSPS) is 12.6. The van der Waals surface area contributed by atoms with E-state index in [1.54, 1.807) is 19.1 Å². The number of rotatable bonds is 4. The lowest BCUT2D eigenvalue weighted by Gasteiger charge is -2.14. The second kappa shape index (κ2) is 4.96. The molecule has 3 heteroatoms. The van der Waals surface area contributed by atoms with Crippen molar-refractivity contribution in [1.29, 1.82) is 0 Å². The Morgan fingerprint density at radius 3 is 2.86 bits per heavy atom. The molecule has 1 aromatic carbocycles. The van der Waals surface area contributed by atoms with Gasteiger partial charge in [0.1, 0.15) is 0 Å². The summed E-state index contributed by atoms with van der Waals surface area (Å²) in [6.07, 6.45) is 0. The second-order valence-electron chi connectivity index (χ2n) is 2.97. The fourth-order valence-electron chi connectivity index (χ4n) is 1.24. The molecule has 1 rings (SSSR count). The molecule has 1 aromatic rings. The quantitative estimate of drug-likeness (QED) is 0.801. The van der Waals surface area contributed by atoms with E-state index in [4.69, 9.17) is 9.84 Å². The Balaban J connectivity index is 3.07. The fourth-order valence-corrected chi connectivity index (χ4v) is 1.24. The summed E-state index contributed by atoms with van der Waals surface area (Å²) in [5.41, 5.74) is 0.606. The molecule has 77 valence electrons. The van der Waals surface area contributed by atoms with E-state index in [-0.39, 0.29) is 18.3 Å². The largest absolute Gasteiger partial charge is 0.491 e. The number of benzene rings is 1. The van der Waals surface area contributed by atoms with E-state index in [2.05, 4.69) is 6.92 Å². The van der Waals surface area contributed by atoms with E-state index in [9.17, 15) is 4.39 Å². The Morgan fingerprint density at radius 2 is 2.29 bits per heavy atom. The van der Waals surface area contributed by atoms with Crippen molar-refractivity contribution in [3.05, 3.63) is 36.5 Å². The van der Waals surface area contributed by atoms with Gasteiger partial charge >= 0.3 is 0 Å². The summed E-state index contributed by atoms with van der Waals surface area (Å²) in [7, 11) is 0. The van der Waals surface area contributed by atoms with Crippen LogP contribution in [0.2, 0.25) is 0 Å². The molecule has 0 aliphatic carbocycles. The van der Waals surface area contributed by atoms with Gasteiger partial charge in [0.05, 0.1) is 13.2 Å². The minimum absolute atomic E-state index is 0.122. The monoisotopic (exact) mass is 197 g/mol. The van der Waals surface area contributed by atoms with Gasteiger partial charge in [-0.1, -0.05) is 12.1 Å². The highest BCUT2D eigenvalue weighted by Gasteiger charge is 2.14. The van der Waals surface area contributed by atoms with Crippen molar-refractivity contribution < 1.29 is 14.2 Å². The van der Waals surface area contributed by atoms with E-state index in [1.165, 1.54) is 6.07 Å². The first-order valence-corrected chi connectivity index (χ1v) is 4.55. The molecule has 1 atom stereocenters. The summed E-state index contributed by atoms with van der Waals surface area (Å²) in [6.45, 7) is 5.77. The molecule has 0 spiro atoms. The van der Waals surface area contributed by atoms with E-state index >= 15 is 0 Å². The maximum atomic E-state index is 13.3. The average Bonchev–Trinajstić information content (AvgIpc) is 2.20. The van der Waals surface area contributed by atoms with Gasteiger partial charge < -0.3 is 9.84 Å². The maximum absolute atomic E-state index is 13.3. The minimum Gasteiger partial charge on any atom is -0.491 e. The van der Waals surface area contributed by atoms with Crippen LogP contribution in [0.15, 0.2) is 18.2 Å². The zero-order valence-electron chi connectivity index (χ0n) is 8.16. The molecular formula is C11H14FO2. The van der Waals surface area contributed by atoms with Gasteiger partial charge in [0.2, 0.25) is 0 Å². The Labute approximate surface area is 83.3 Å².